The van der Waals surface area contributed by atoms with Gasteiger partial charge in [0.25, 0.3) is 0 Å². The molecule has 1 nitrogen and oxygen atoms in total. The number of benzene rings is 2. The summed E-state index contributed by atoms with van der Waals surface area (Å²) >= 11 is 6.54. The summed E-state index contributed by atoms with van der Waals surface area (Å²) in [6.45, 7) is 11.4. The number of phenolic OH excluding ortho intramolecular Hbond substituents is 1. The van der Waals surface area contributed by atoms with Crippen LogP contribution in [0.1, 0.15) is 82.1 Å². The SMILES string of the molecule is CC(C)(C)CC(C)(C)c1ccc(O)c(Cc2ccc(C3CC3)cc2Cl)c1. The maximum absolute atomic E-state index is 10.4. The molecule has 1 aliphatic carbocycles. The molecular weight excluding hydrogens is 340 g/mol. The molecule has 0 aromatic heterocycles. The van der Waals surface area contributed by atoms with Gasteiger partial charge in [0.2, 0.25) is 0 Å². The van der Waals surface area contributed by atoms with E-state index in [1.807, 2.05) is 6.07 Å². The predicted molar refractivity (Wildman–Crippen MR) is 111 cm³/mol. The quantitative estimate of drug-likeness (QED) is 0.588. The average molecular weight is 371 g/mol. The summed E-state index contributed by atoms with van der Waals surface area (Å²) in [5.41, 5.74) is 4.96. The standard InChI is InChI=1S/C24H31ClO/c1-23(2,3)15-24(4,5)20-10-11-22(26)19(13-20)12-18-9-8-17(14-21(18)25)16-6-7-16/h8-11,13-14,16,26H,6-7,12,15H2,1-5H3. The molecule has 0 saturated heterocycles. The zero-order valence-electron chi connectivity index (χ0n) is 16.7. The lowest BCUT2D eigenvalue weighted by molar-refractivity contribution is 0.284. The van der Waals surface area contributed by atoms with Crippen molar-refractivity contribution in [3.63, 3.8) is 0 Å². The van der Waals surface area contributed by atoms with Crippen LogP contribution in [0.15, 0.2) is 36.4 Å². The molecule has 1 saturated carbocycles. The highest BCUT2D eigenvalue weighted by Crippen LogP contribution is 2.42. The molecule has 0 aliphatic heterocycles. The van der Waals surface area contributed by atoms with Gasteiger partial charge in [0.05, 0.1) is 0 Å². The van der Waals surface area contributed by atoms with E-state index in [0.29, 0.717) is 18.1 Å². The Balaban J connectivity index is 1.86. The van der Waals surface area contributed by atoms with Crippen molar-refractivity contribution in [3.8, 4) is 5.75 Å². The summed E-state index contributed by atoms with van der Waals surface area (Å²) in [7, 11) is 0. The second-order valence-electron chi connectivity index (χ2n) is 9.77. The Hall–Kier alpha value is -1.47. The van der Waals surface area contributed by atoms with Crippen molar-refractivity contribution in [2.45, 2.75) is 71.6 Å². The van der Waals surface area contributed by atoms with E-state index >= 15 is 0 Å². The van der Waals surface area contributed by atoms with Crippen molar-refractivity contribution >= 4 is 11.6 Å². The molecule has 1 aliphatic rings. The largest absolute Gasteiger partial charge is 0.508 e. The van der Waals surface area contributed by atoms with Gasteiger partial charge in [-0.15, -0.1) is 0 Å². The van der Waals surface area contributed by atoms with Crippen LogP contribution >= 0.6 is 11.6 Å². The van der Waals surface area contributed by atoms with E-state index in [-0.39, 0.29) is 10.8 Å². The van der Waals surface area contributed by atoms with Crippen molar-refractivity contribution < 1.29 is 5.11 Å². The van der Waals surface area contributed by atoms with Gasteiger partial charge < -0.3 is 5.11 Å². The first-order valence-electron chi connectivity index (χ1n) is 9.66. The fourth-order valence-electron chi connectivity index (χ4n) is 4.16. The van der Waals surface area contributed by atoms with Gasteiger partial charge in [-0.05, 0) is 70.4 Å². The molecule has 0 amide bonds. The molecule has 1 N–H and O–H groups in total. The minimum absolute atomic E-state index is 0.0559. The van der Waals surface area contributed by atoms with Gasteiger partial charge in [-0.25, -0.2) is 0 Å². The van der Waals surface area contributed by atoms with E-state index in [1.165, 1.54) is 24.0 Å². The zero-order chi connectivity index (χ0) is 19.1. The molecule has 1 fully saturated rings. The summed E-state index contributed by atoms with van der Waals surface area (Å²) in [6, 6.07) is 12.5. The van der Waals surface area contributed by atoms with Gasteiger partial charge in [-0.3, -0.25) is 0 Å². The Labute approximate surface area is 163 Å². The Kier molecular flexibility index (Phi) is 5.14. The number of phenols is 1. The van der Waals surface area contributed by atoms with Gasteiger partial charge in [0, 0.05) is 11.4 Å². The third kappa shape index (κ3) is 4.62. The minimum Gasteiger partial charge on any atom is -0.508 e. The maximum Gasteiger partial charge on any atom is 0.119 e. The molecule has 2 aromatic rings. The minimum atomic E-state index is 0.0559. The van der Waals surface area contributed by atoms with Crippen LogP contribution in [0, 0.1) is 5.41 Å². The molecule has 2 heteroatoms. The topological polar surface area (TPSA) is 20.2 Å². The molecule has 26 heavy (non-hydrogen) atoms. The summed E-state index contributed by atoms with van der Waals surface area (Å²) in [5.74, 6) is 1.05. The smallest absolute Gasteiger partial charge is 0.119 e. The molecular formula is C24H31ClO. The summed E-state index contributed by atoms with van der Waals surface area (Å²) in [4.78, 5) is 0. The lowest BCUT2D eigenvalue weighted by Crippen LogP contribution is -2.24. The zero-order valence-corrected chi connectivity index (χ0v) is 17.5. The van der Waals surface area contributed by atoms with Crippen LogP contribution in [-0.2, 0) is 11.8 Å². The van der Waals surface area contributed by atoms with Crippen LogP contribution < -0.4 is 0 Å². The molecule has 0 atom stereocenters. The fourth-order valence-corrected chi connectivity index (χ4v) is 4.41. The van der Waals surface area contributed by atoms with E-state index < -0.39 is 0 Å². The van der Waals surface area contributed by atoms with Gasteiger partial charge in [0.15, 0.2) is 0 Å². The van der Waals surface area contributed by atoms with Crippen molar-refractivity contribution in [2.75, 3.05) is 0 Å². The molecule has 0 bridgehead atoms. The Morgan fingerprint density at radius 1 is 0.962 bits per heavy atom. The first kappa shape index (κ1) is 19.3. The molecule has 140 valence electrons. The maximum atomic E-state index is 10.4. The number of rotatable bonds is 5. The van der Waals surface area contributed by atoms with Gasteiger partial charge >= 0.3 is 0 Å². The van der Waals surface area contributed by atoms with Crippen LogP contribution in [0.4, 0.5) is 0 Å². The highest BCUT2D eigenvalue weighted by molar-refractivity contribution is 6.31. The predicted octanol–water partition coefficient (Wildman–Crippen LogP) is 7.23. The summed E-state index contributed by atoms with van der Waals surface area (Å²) in [5, 5.41) is 11.2. The molecule has 3 rings (SSSR count). The fraction of sp³-hybridized carbons (Fsp3) is 0.500. The third-order valence-electron chi connectivity index (χ3n) is 5.34. The Bertz CT molecular complexity index is 794. The van der Waals surface area contributed by atoms with Crippen molar-refractivity contribution in [3.05, 3.63) is 63.7 Å². The van der Waals surface area contributed by atoms with Gasteiger partial charge in [-0.1, -0.05) is 70.5 Å². The van der Waals surface area contributed by atoms with Gasteiger partial charge in [0.1, 0.15) is 5.75 Å². The second kappa shape index (κ2) is 6.93. The van der Waals surface area contributed by atoms with Crippen molar-refractivity contribution in [1.82, 2.24) is 0 Å². The number of hydrogen-bond acceptors (Lipinski definition) is 1. The van der Waals surface area contributed by atoms with E-state index in [0.717, 1.165) is 22.6 Å². The van der Waals surface area contributed by atoms with E-state index in [1.54, 1.807) is 0 Å². The van der Waals surface area contributed by atoms with E-state index in [4.69, 9.17) is 11.6 Å². The van der Waals surface area contributed by atoms with Crippen LogP contribution in [-0.4, -0.2) is 5.11 Å². The highest BCUT2D eigenvalue weighted by atomic mass is 35.5. The molecule has 0 unspecified atom stereocenters. The lowest BCUT2D eigenvalue weighted by Gasteiger charge is -2.33. The van der Waals surface area contributed by atoms with E-state index in [2.05, 4.69) is 65.0 Å². The normalized spacial score (nSPS) is 15.3. The number of aromatic hydroxyl groups is 1. The van der Waals surface area contributed by atoms with Crippen LogP contribution in [0.3, 0.4) is 0 Å². The molecule has 2 aromatic carbocycles. The van der Waals surface area contributed by atoms with Crippen LogP contribution in [0.2, 0.25) is 5.02 Å². The monoisotopic (exact) mass is 370 g/mol. The summed E-state index contributed by atoms with van der Waals surface area (Å²) < 4.78 is 0. The van der Waals surface area contributed by atoms with E-state index in [9.17, 15) is 5.11 Å². The first-order valence-corrected chi connectivity index (χ1v) is 10.0. The van der Waals surface area contributed by atoms with Crippen LogP contribution in [0.25, 0.3) is 0 Å². The average Bonchev–Trinajstić information content (AvgIpc) is 3.33. The number of halogens is 1. The molecule has 0 heterocycles. The highest BCUT2D eigenvalue weighted by Gasteiger charge is 2.28. The molecule has 0 radical (unpaired) electrons. The molecule has 0 spiro atoms. The first-order chi connectivity index (χ1) is 12.0. The number of hydrogen-bond donors (Lipinski definition) is 1. The lowest BCUT2D eigenvalue weighted by atomic mass is 9.72. The second-order valence-corrected chi connectivity index (χ2v) is 10.2. The Morgan fingerprint density at radius 3 is 2.23 bits per heavy atom. The third-order valence-corrected chi connectivity index (χ3v) is 5.69. The van der Waals surface area contributed by atoms with Crippen LogP contribution in [0.5, 0.6) is 5.75 Å². The van der Waals surface area contributed by atoms with Crippen molar-refractivity contribution in [1.29, 1.82) is 0 Å². The Morgan fingerprint density at radius 2 is 1.65 bits per heavy atom. The summed E-state index contributed by atoms with van der Waals surface area (Å²) in [6.07, 6.45) is 4.30. The van der Waals surface area contributed by atoms with Crippen molar-refractivity contribution in [2.24, 2.45) is 5.41 Å². The van der Waals surface area contributed by atoms with Gasteiger partial charge in [-0.2, -0.15) is 0 Å².